The normalized spacial score (nSPS) is 13.2. The van der Waals surface area contributed by atoms with Crippen LogP contribution in [0.1, 0.15) is 30.9 Å². The van der Waals surface area contributed by atoms with Gasteiger partial charge in [-0.3, -0.25) is 4.79 Å². The Morgan fingerprint density at radius 2 is 1.68 bits per heavy atom. The van der Waals surface area contributed by atoms with E-state index in [9.17, 15) is 4.79 Å². The lowest BCUT2D eigenvalue weighted by atomic mass is 10.0. The van der Waals surface area contributed by atoms with Crippen LogP contribution in [0.25, 0.3) is 0 Å². The molecule has 22 heavy (non-hydrogen) atoms. The molecule has 3 heteroatoms. The number of carbonyl (C=O) groups is 1. The summed E-state index contributed by atoms with van der Waals surface area (Å²) in [5, 5.41) is 2.95. The van der Waals surface area contributed by atoms with Gasteiger partial charge in [-0.2, -0.15) is 0 Å². The first-order valence-electron chi connectivity index (χ1n) is 7.62. The summed E-state index contributed by atoms with van der Waals surface area (Å²) in [6.07, 6.45) is -0.509. The third-order valence-electron chi connectivity index (χ3n) is 3.65. The number of aryl methyl sites for hydroxylation is 1. The van der Waals surface area contributed by atoms with Gasteiger partial charge in [0.05, 0.1) is 0 Å². The summed E-state index contributed by atoms with van der Waals surface area (Å²) < 4.78 is 5.66. The molecule has 0 bridgehead atoms. The van der Waals surface area contributed by atoms with Gasteiger partial charge in [0.25, 0.3) is 5.91 Å². The van der Waals surface area contributed by atoms with Crippen molar-refractivity contribution >= 4 is 5.91 Å². The highest BCUT2D eigenvalue weighted by Gasteiger charge is 2.15. The highest BCUT2D eigenvalue weighted by atomic mass is 16.5. The molecule has 2 aromatic rings. The number of nitrogens with one attached hydrogen (secondary N) is 1. The average molecular weight is 297 g/mol. The molecule has 0 unspecified atom stereocenters. The summed E-state index contributed by atoms with van der Waals surface area (Å²) in [5.41, 5.74) is 2.39. The molecule has 0 saturated heterocycles. The first-order valence-corrected chi connectivity index (χ1v) is 7.62. The number of ether oxygens (including phenoxy) is 1. The van der Waals surface area contributed by atoms with Gasteiger partial charge < -0.3 is 10.1 Å². The van der Waals surface area contributed by atoms with Crippen molar-refractivity contribution in [1.29, 1.82) is 0 Å². The van der Waals surface area contributed by atoms with Gasteiger partial charge in [0, 0.05) is 6.54 Å². The van der Waals surface area contributed by atoms with Gasteiger partial charge in [-0.15, -0.1) is 0 Å². The van der Waals surface area contributed by atoms with Crippen LogP contribution in [0.4, 0.5) is 0 Å². The molecule has 2 aromatic carbocycles. The van der Waals surface area contributed by atoms with E-state index >= 15 is 0 Å². The fourth-order valence-electron chi connectivity index (χ4n) is 2.17. The van der Waals surface area contributed by atoms with Crippen molar-refractivity contribution in [2.45, 2.75) is 32.8 Å². The minimum Gasteiger partial charge on any atom is -0.481 e. The maximum absolute atomic E-state index is 12.1. The number of carbonyl (C=O) groups excluding carboxylic acids is 1. The maximum atomic E-state index is 12.1. The van der Waals surface area contributed by atoms with Crippen LogP contribution in [0.5, 0.6) is 5.75 Å². The second-order valence-electron chi connectivity index (χ2n) is 5.63. The maximum Gasteiger partial charge on any atom is 0.260 e. The van der Waals surface area contributed by atoms with Crippen molar-refractivity contribution in [3.63, 3.8) is 0 Å². The van der Waals surface area contributed by atoms with E-state index in [2.05, 4.69) is 24.4 Å². The molecular weight excluding hydrogens is 274 g/mol. The van der Waals surface area contributed by atoms with E-state index in [-0.39, 0.29) is 11.8 Å². The summed E-state index contributed by atoms with van der Waals surface area (Å²) in [6, 6.07) is 17.9. The number of hydrogen-bond donors (Lipinski definition) is 1. The van der Waals surface area contributed by atoms with Gasteiger partial charge in [-0.1, -0.05) is 55.0 Å². The second kappa shape index (κ2) is 7.64. The summed E-state index contributed by atoms with van der Waals surface area (Å²) in [5.74, 6) is 0.893. The SMILES string of the molecule is Cc1ccc(O[C@H](C)C(=O)NC[C@H](C)c2ccccc2)cc1. The van der Waals surface area contributed by atoms with Gasteiger partial charge in [0.15, 0.2) is 6.10 Å². The topological polar surface area (TPSA) is 38.3 Å². The zero-order valence-corrected chi connectivity index (χ0v) is 13.4. The molecular formula is C19H23NO2. The average Bonchev–Trinajstić information content (AvgIpc) is 2.55. The molecule has 1 amide bonds. The molecule has 0 radical (unpaired) electrons. The van der Waals surface area contributed by atoms with Gasteiger partial charge >= 0.3 is 0 Å². The molecule has 0 fully saturated rings. The molecule has 0 aliphatic heterocycles. The summed E-state index contributed by atoms with van der Waals surface area (Å²) in [4.78, 5) is 12.1. The minimum absolute atomic E-state index is 0.0941. The highest BCUT2D eigenvalue weighted by molar-refractivity contribution is 5.80. The first-order chi connectivity index (χ1) is 10.6. The van der Waals surface area contributed by atoms with E-state index in [4.69, 9.17) is 4.74 Å². The molecule has 0 aromatic heterocycles. The van der Waals surface area contributed by atoms with E-state index in [1.807, 2.05) is 49.4 Å². The van der Waals surface area contributed by atoms with Gasteiger partial charge in [-0.05, 0) is 37.5 Å². The lowest BCUT2D eigenvalue weighted by molar-refractivity contribution is -0.127. The Hall–Kier alpha value is -2.29. The summed E-state index contributed by atoms with van der Waals surface area (Å²) >= 11 is 0. The zero-order chi connectivity index (χ0) is 15.9. The first kappa shape index (κ1) is 16.1. The Morgan fingerprint density at radius 1 is 1.05 bits per heavy atom. The number of benzene rings is 2. The second-order valence-corrected chi connectivity index (χ2v) is 5.63. The predicted molar refractivity (Wildman–Crippen MR) is 89.1 cm³/mol. The van der Waals surface area contributed by atoms with Crippen LogP contribution in [0.15, 0.2) is 54.6 Å². The van der Waals surface area contributed by atoms with Crippen LogP contribution in [0, 0.1) is 6.92 Å². The van der Waals surface area contributed by atoms with E-state index in [1.54, 1.807) is 6.92 Å². The van der Waals surface area contributed by atoms with Crippen LogP contribution < -0.4 is 10.1 Å². The van der Waals surface area contributed by atoms with Crippen molar-refractivity contribution in [2.75, 3.05) is 6.54 Å². The van der Waals surface area contributed by atoms with E-state index in [0.29, 0.717) is 12.3 Å². The van der Waals surface area contributed by atoms with Crippen LogP contribution >= 0.6 is 0 Å². The van der Waals surface area contributed by atoms with E-state index in [1.165, 1.54) is 11.1 Å². The third kappa shape index (κ3) is 4.62. The van der Waals surface area contributed by atoms with Crippen molar-refractivity contribution in [2.24, 2.45) is 0 Å². The van der Waals surface area contributed by atoms with Crippen molar-refractivity contribution in [1.82, 2.24) is 5.32 Å². The van der Waals surface area contributed by atoms with Crippen molar-refractivity contribution < 1.29 is 9.53 Å². The fourth-order valence-corrected chi connectivity index (χ4v) is 2.17. The largest absolute Gasteiger partial charge is 0.481 e. The van der Waals surface area contributed by atoms with Crippen LogP contribution in [-0.2, 0) is 4.79 Å². The Labute approximate surface area is 132 Å². The van der Waals surface area contributed by atoms with Crippen LogP contribution in [-0.4, -0.2) is 18.6 Å². The molecule has 2 atom stereocenters. The lowest BCUT2D eigenvalue weighted by Crippen LogP contribution is -2.38. The standard InChI is InChI=1S/C19H23NO2/c1-14-9-11-18(12-10-14)22-16(3)19(21)20-13-15(2)17-7-5-4-6-8-17/h4-12,15-16H,13H2,1-3H3,(H,20,21)/t15-,16+/m0/s1. The highest BCUT2D eigenvalue weighted by Crippen LogP contribution is 2.15. The van der Waals surface area contributed by atoms with Crippen LogP contribution in [0.3, 0.4) is 0 Å². The number of rotatable bonds is 6. The van der Waals surface area contributed by atoms with Gasteiger partial charge in [0.2, 0.25) is 0 Å². The summed E-state index contributed by atoms with van der Waals surface area (Å²) in [6.45, 7) is 6.48. The predicted octanol–water partition coefficient (Wildman–Crippen LogP) is 3.68. The molecule has 0 heterocycles. The smallest absolute Gasteiger partial charge is 0.260 e. The monoisotopic (exact) mass is 297 g/mol. The molecule has 1 N–H and O–H groups in total. The molecule has 0 spiro atoms. The van der Waals surface area contributed by atoms with Gasteiger partial charge in [-0.25, -0.2) is 0 Å². The lowest BCUT2D eigenvalue weighted by Gasteiger charge is -2.17. The fraction of sp³-hybridized carbons (Fsp3) is 0.316. The van der Waals surface area contributed by atoms with E-state index < -0.39 is 6.10 Å². The van der Waals surface area contributed by atoms with Gasteiger partial charge in [0.1, 0.15) is 5.75 Å². The van der Waals surface area contributed by atoms with Crippen molar-refractivity contribution in [3.8, 4) is 5.75 Å². The number of hydrogen-bond acceptors (Lipinski definition) is 2. The molecule has 0 aliphatic carbocycles. The molecule has 2 rings (SSSR count). The Morgan fingerprint density at radius 3 is 2.32 bits per heavy atom. The van der Waals surface area contributed by atoms with E-state index in [0.717, 1.165) is 0 Å². The Kier molecular flexibility index (Phi) is 5.59. The minimum atomic E-state index is -0.509. The summed E-state index contributed by atoms with van der Waals surface area (Å²) in [7, 11) is 0. The Bertz CT molecular complexity index is 593. The molecule has 116 valence electrons. The van der Waals surface area contributed by atoms with Crippen LogP contribution in [0.2, 0.25) is 0 Å². The quantitative estimate of drug-likeness (QED) is 0.883. The van der Waals surface area contributed by atoms with Crippen molar-refractivity contribution in [3.05, 3.63) is 65.7 Å². The molecule has 0 saturated carbocycles. The zero-order valence-electron chi connectivity index (χ0n) is 13.4. The molecule has 0 aliphatic rings. The molecule has 3 nitrogen and oxygen atoms in total. The number of amides is 1. The Balaban J connectivity index is 1.82. The third-order valence-corrected chi connectivity index (χ3v) is 3.65.